The Labute approximate surface area is 142 Å². The van der Waals surface area contributed by atoms with Crippen LogP contribution in [0.25, 0.3) is 0 Å². The van der Waals surface area contributed by atoms with Crippen molar-refractivity contribution in [3.8, 4) is 0 Å². The van der Waals surface area contributed by atoms with E-state index in [0.29, 0.717) is 24.0 Å². The summed E-state index contributed by atoms with van der Waals surface area (Å²) in [6.45, 7) is 0. The fourth-order valence-corrected chi connectivity index (χ4v) is 4.04. The number of carbonyl (C=O) groups is 2. The van der Waals surface area contributed by atoms with Crippen LogP contribution in [-0.2, 0) is 9.59 Å². The molecule has 0 amide bonds. The van der Waals surface area contributed by atoms with Crippen LogP contribution in [0.5, 0.6) is 0 Å². The smallest absolute Gasteiger partial charge is 0.138 e. The molecule has 24 heavy (non-hydrogen) atoms. The monoisotopic (exact) mass is 330 g/mol. The summed E-state index contributed by atoms with van der Waals surface area (Å²) >= 11 is 0. The van der Waals surface area contributed by atoms with Crippen molar-refractivity contribution in [1.82, 2.24) is 0 Å². The third-order valence-electron chi connectivity index (χ3n) is 5.59. The highest BCUT2D eigenvalue weighted by Crippen LogP contribution is 2.35. The number of aliphatic hydroxyl groups excluding tert-OH is 2. The molecular weight excluding hydrogens is 304 g/mol. The lowest BCUT2D eigenvalue weighted by atomic mass is 9.80. The molecule has 0 heterocycles. The first kappa shape index (κ1) is 17.3. The number of hydrogen-bond donors (Lipinski definition) is 2. The average molecular weight is 330 g/mol. The van der Waals surface area contributed by atoms with Crippen LogP contribution in [0.2, 0.25) is 0 Å². The fraction of sp³-hybridized carbons (Fsp3) is 0.600. The molecule has 2 aliphatic carbocycles. The predicted octanol–water partition coefficient (Wildman–Crippen LogP) is 3.27. The second-order valence-electron chi connectivity index (χ2n) is 7.19. The summed E-state index contributed by atoms with van der Waals surface area (Å²) in [5, 5.41) is 21.0. The molecule has 4 nitrogen and oxygen atoms in total. The third-order valence-corrected chi connectivity index (χ3v) is 5.59. The Morgan fingerprint density at radius 1 is 0.708 bits per heavy atom. The van der Waals surface area contributed by atoms with E-state index in [9.17, 15) is 19.8 Å². The molecule has 0 spiro atoms. The van der Waals surface area contributed by atoms with Crippen molar-refractivity contribution >= 4 is 11.6 Å². The fourth-order valence-electron chi connectivity index (χ4n) is 4.04. The number of hydrogen-bond acceptors (Lipinski definition) is 4. The van der Waals surface area contributed by atoms with Gasteiger partial charge in [0.05, 0.1) is 12.2 Å². The van der Waals surface area contributed by atoms with Gasteiger partial charge in [0.15, 0.2) is 0 Å². The molecule has 4 atom stereocenters. The van der Waals surface area contributed by atoms with Crippen molar-refractivity contribution in [3.05, 3.63) is 35.4 Å². The molecule has 0 aromatic heterocycles. The normalized spacial score (nSPS) is 27.8. The van der Waals surface area contributed by atoms with E-state index >= 15 is 0 Å². The predicted molar refractivity (Wildman–Crippen MR) is 90.3 cm³/mol. The lowest BCUT2D eigenvalue weighted by molar-refractivity contribution is -0.129. The van der Waals surface area contributed by atoms with Crippen molar-refractivity contribution in [2.24, 2.45) is 11.8 Å². The molecule has 0 saturated heterocycles. The Morgan fingerprint density at radius 3 is 1.42 bits per heavy atom. The van der Waals surface area contributed by atoms with E-state index in [4.69, 9.17) is 0 Å². The quantitative estimate of drug-likeness (QED) is 0.888. The molecule has 130 valence electrons. The Kier molecular flexibility index (Phi) is 5.47. The van der Waals surface area contributed by atoms with E-state index in [0.717, 1.165) is 38.5 Å². The van der Waals surface area contributed by atoms with Crippen molar-refractivity contribution in [2.75, 3.05) is 0 Å². The summed E-state index contributed by atoms with van der Waals surface area (Å²) in [5.74, 6) is -0.333. The van der Waals surface area contributed by atoms with Crippen LogP contribution in [0, 0.1) is 11.8 Å². The van der Waals surface area contributed by atoms with Gasteiger partial charge in [0, 0.05) is 24.7 Å². The summed E-state index contributed by atoms with van der Waals surface area (Å²) < 4.78 is 0. The van der Waals surface area contributed by atoms with Crippen LogP contribution in [0.1, 0.15) is 74.7 Å². The summed E-state index contributed by atoms with van der Waals surface area (Å²) in [6.07, 6.45) is 4.83. The molecule has 2 aliphatic rings. The van der Waals surface area contributed by atoms with Crippen LogP contribution < -0.4 is 0 Å². The Morgan fingerprint density at radius 2 is 1.08 bits per heavy atom. The minimum absolute atomic E-state index is 0.144. The topological polar surface area (TPSA) is 74.6 Å². The molecule has 2 N–H and O–H groups in total. The zero-order valence-electron chi connectivity index (χ0n) is 14.0. The first-order valence-electron chi connectivity index (χ1n) is 9.09. The van der Waals surface area contributed by atoms with E-state index in [1.54, 1.807) is 24.3 Å². The molecule has 3 rings (SSSR count). The van der Waals surface area contributed by atoms with Gasteiger partial charge in [-0.1, -0.05) is 37.1 Å². The molecule has 2 fully saturated rings. The molecule has 1 aromatic carbocycles. The van der Waals surface area contributed by atoms with Gasteiger partial charge < -0.3 is 10.2 Å². The van der Waals surface area contributed by atoms with Crippen LogP contribution in [0.15, 0.2) is 24.3 Å². The molecule has 4 heteroatoms. The highest BCUT2D eigenvalue weighted by atomic mass is 16.3. The van der Waals surface area contributed by atoms with E-state index in [1.807, 2.05) is 0 Å². The van der Waals surface area contributed by atoms with Gasteiger partial charge in [-0.3, -0.25) is 9.59 Å². The van der Waals surface area contributed by atoms with Gasteiger partial charge >= 0.3 is 0 Å². The lowest BCUT2D eigenvalue weighted by Gasteiger charge is -2.27. The second kappa shape index (κ2) is 7.58. The molecule has 1 aromatic rings. The molecular formula is C20H26O4. The minimum atomic E-state index is -0.777. The van der Waals surface area contributed by atoms with Crippen LogP contribution >= 0.6 is 0 Å². The molecule has 2 saturated carbocycles. The first-order valence-corrected chi connectivity index (χ1v) is 9.09. The molecule has 4 unspecified atom stereocenters. The van der Waals surface area contributed by atoms with Crippen LogP contribution in [0.4, 0.5) is 0 Å². The zero-order valence-corrected chi connectivity index (χ0v) is 14.0. The summed E-state index contributed by atoms with van der Waals surface area (Å²) in [6, 6.07) is 7.10. The zero-order chi connectivity index (χ0) is 17.1. The highest BCUT2D eigenvalue weighted by Gasteiger charge is 2.32. The van der Waals surface area contributed by atoms with Crippen molar-refractivity contribution in [3.63, 3.8) is 0 Å². The summed E-state index contributed by atoms with van der Waals surface area (Å²) in [4.78, 5) is 24.0. The maximum absolute atomic E-state index is 12.0. The molecule has 0 radical (unpaired) electrons. The van der Waals surface area contributed by atoms with Gasteiger partial charge in [-0.25, -0.2) is 0 Å². The van der Waals surface area contributed by atoms with E-state index in [1.165, 1.54) is 0 Å². The van der Waals surface area contributed by atoms with Crippen molar-refractivity contribution < 1.29 is 19.8 Å². The van der Waals surface area contributed by atoms with E-state index in [-0.39, 0.29) is 23.4 Å². The second-order valence-corrected chi connectivity index (χ2v) is 7.19. The number of Topliss-reactive ketones (excluding diaryl/α,β-unsaturated/α-hetero) is 2. The SMILES string of the molecule is O=C1CCCCC1C(O)c1ccc(C(O)C2CCCCC2=O)cc1. The van der Waals surface area contributed by atoms with Gasteiger partial charge in [0.25, 0.3) is 0 Å². The number of aliphatic hydroxyl groups is 2. The van der Waals surface area contributed by atoms with Gasteiger partial charge in [-0.2, -0.15) is 0 Å². The molecule has 0 bridgehead atoms. The number of carbonyl (C=O) groups excluding carboxylic acids is 2. The van der Waals surface area contributed by atoms with Crippen LogP contribution in [0.3, 0.4) is 0 Å². The Hall–Kier alpha value is -1.52. The van der Waals surface area contributed by atoms with Crippen molar-refractivity contribution in [2.45, 2.75) is 63.6 Å². The van der Waals surface area contributed by atoms with Gasteiger partial charge in [0.2, 0.25) is 0 Å². The van der Waals surface area contributed by atoms with Crippen LogP contribution in [-0.4, -0.2) is 21.8 Å². The largest absolute Gasteiger partial charge is 0.388 e. The lowest BCUT2D eigenvalue weighted by Crippen LogP contribution is -2.26. The summed E-state index contributed by atoms with van der Waals surface area (Å²) in [5.41, 5.74) is 1.42. The molecule has 0 aliphatic heterocycles. The third kappa shape index (κ3) is 3.60. The maximum Gasteiger partial charge on any atom is 0.138 e. The number of rotatable bonds is 4. The van der Waals surface area contributed by atoms with Crippen molar-refractivity contribution in [1.29, 1.82) is 0 Å². The maximum atomic E-state index is 12.0. The van der Waals surface area contributed by atoms with E-state index < -0.39 is 12.2 Å². The number of ketones is 2. The van der Waals surface area contributed by atoms with Gasteiger partial charge in [-0.15, -0.1) is 0 Å². The standard InChI is InChI=1S/C20H26O4/c21-17-7-3-1-5-15(17)19(23)13-9-11-14(12-10-13)20(24)16-6-2-4-8-18(16)22/h9-12,15-16,19-20,23-24H,1-8H2. The summed E-state index contributed by atoms with van der Waals surface area (Å²) in [7, 11) is 0. The van der Waals surface area contributed by atoms with Gasteiger partial charge in [0.1, 0.15) is 11.6 Å². The Bertz CT molecular complexity index is 539. The number of benzene rings is 1. The van der Waals surface area contributed by atoms with Gasteiger partial charge in [-0.05, 0) is 36.8 Å². The Balaban J connectivity index is 1.70. The minimum Gasteiger partial charge on any atom is -0.388 e. The highest BCUT2D eigenvalue weighted by molar-refractivity contribution is 5.83. The average Bonchev–Trinajstić information content (AvgIpc) is 2.61. The first-order chi connectivity index (χ1) is 11.6. The van der Waals surface area contributed by atoms with E-state index in [2.05, 4.69) is 0 Å².